The van der Waals surface area contributed by atoms with E-state index >= 15 is 0 Å². The van der Waals surface area contributed by atoms with Gasteiger partial charge in [0.05, 0.1) is 18.4 Å². The molecule has 0 radical (unpaired) electrons. The van der Waals surface area contributed by atoms with E-state index < -0.39 is 5.97 Å². The molecular formula is C18H15N3O4S. The van der Waals surface area contributed by atoms with Crippen molar-refractivity contribution in [1.82, 2.24) is 10.2 Å². The molecule has 0 saturated carbocycles. The monoisotopic (exact) mass is 369 g/mol. The second-order valence-electron chi connectivity index (χ2n) is 5.14. The Balaban J connectivity index is 1.53. The van der Waals surface area contributed by atoms with Crippen LogP contribution in [0.2, 0.25) is 0 Å². The first-order chi connectivity index (χ1) is 12.7. The third-order valence-corrected chi connectivity index (χ3v) is 4.16. The highest BCUT2D eigenvalue weighted by atomic mass is 32.2. The number of carbonyl (C=O) groups excluding carboxylic acids is 2. The average Bonchev–Trinajstić information content (AvgIpc) is 3.16. The summed E-state index contributed by atoms with van der Waals surface area (Å²) in [5.41, 5.74) is 1.82. The van der Waals surface area contributed by atoms with Gasteiger partial charge in [0, 0.05) is 11.3 Å². The lowest BCUT2D eigenvalue weighted by Gasteiger charge is -2.05. The van der Waals surface area contributed by atoms with E-state index in [1.165, 1.54) is 7.11 Å². The Kier molecular flexibility index (Phi) is 5.65. The van der Waals surface area contributed by atoms with Crippen molar-refractivity contribution in [2.45, 2.75) is 5.22 Å². The molecule has 0 aliphatic heterocycles. The molecule has 0 fully saturated rings. The summed E-state index contributed by atoms with van der Waals surface area (Å²) < 4.78 is 10.2. The third-order valence-electron chi connectivity index (χ3n) is 3.34. The van der Waals surface area contributed by atoms with Crippen LogP contribution in [0.15, 0.2) is 64.2 Å². The average molecular weight is 369 g/mol. The van der Waals surface area contributed by atoms with Gasteiger partial charge in [-0.15, -0.1) is 10.2 Å². The van der Waals surface area contributed by atoms with Gasteiger partial charge < -0.3 is 14.5 Å². The van der Waals surface area contributed by atoms with Crippen molar-refractivity contribution in [3.8, 4) is 11.5 Å². The maximum atomic E-state index is 12.0. The number of hydrogen-bond donors (Lipinski definition) is 1. The Hall–Kier alpha value is -3.13. The second-order valence-corrected chi connectivity index (χ2v) is 6.07. The van der Waals surface area contributed by atoms with Gasteiger partial charge >= 0.3 is 5.97 Å². The van der Waals surface area contributed by atoms with Crippen molar-refractivity contribution in [3.63, 3.8) is 0 Å². The van der Waals surface area contributed by atoms with E-state index in [4.69, 9.17) is 4.42 Å². The minimum atomic E-state index is -0.427. The van der Waals surface area contributed by atoms with Gasteiger partial charge in [0.2, 0.25) is 11.8 Å². The Morgan fingerprint density at radius 1 is 1.08 bits per heavy atom. The molecule has 8 heteroatoms. The lowest BCUT2D eigenvalue weighted by molar-refractivity contribution is -0.113. The highest BCUT2D eigenvalue weighted by Crippen LogP contribution is 2.23. The van der Waals surface area contributed by atoms with Crippen molar-refractivity contribution in [1.29, 1.82) is 0 Å². The van der Waals surface area contributed by atoms with Gasteiger partial charge in [0.1, 0.15) is 0 Å². The fraction of sp³-hybridized carbons (Fsp3) is 0.111. The van der Waals surface area contributed by atoms with Gasteiger partial charge in [-0.2, -0.15) is 0 Å². The molecule has 1 heterocycles. The van der Waals surface area contributed by atoms with Crippen LogP contribution in [0.25, 0.3) is 11.5 Å². The standard InChI is InChI=1S/C18H15N3O4S/c1-24-17(23)13-7-9-14(10-8-13)19-15(22)11-26-18-21-20-16(25-18)12-5-3-2-4-6-12/h2-10H,11H2,1H3,(H,19,22). The summed E-state index contributed by atoms with van der Waals surface area (Å²) in [7, 11) is 1.32. The van der Waals surface area contributed by atoms with E-state index in [0.29, 0.717) is 22.4 Å². The molecule has 0 aliphatic carbocycles. The molecule has 3 aromatic rings. The van der Waals surface area contributed by atoms with E-state index in [0.717, 1.165) is 17.3 Å². The quantitative estimate of drug-likeness (QED) is 0.526. The molecule has 3 rings (SSSR count). The first kappa shape index (κ1) is 17.7. The molecule has 0 unspecified atom stereocenters. The Bertz CT molecular complexity index is 894. The van der Waals surface area contributed by atoms with Crippen LogP contribution in [0.4, 0.5) is 5.69 Å². The molecule has 1 aromatic heterocycles. The van der Waals surface area contributed by atoms with Crippen molar-refractivity contribution in [2.75, 3.05) is 18.2 Å². The van der Waals surface area contributed by atoms with Crippen molar-refractivity contribution in [3.05, 3.63) is 60.2 Å². The largest absolute Gasteiger partial charge is 0.465 e. The number of hydrogen-bond acceptors (Lipinski definition) is 7. The van der Waals surface area contributed by atoms with Crippen LogP contribution < -0.4 is 5.32 Å². The molecular weight excluding hydrogens is 354 g/mol. The van der Waals surface area contributed by atoms with Crippen LogP contribution in [0, 0.1) is 0 Å². The Morgan fingerprint density at radius 2 is 1.81 bits per heavy atom. The van der Waals surface area contributed by atoms with E-state index in [1.54, 1.807) is 24.3 Å². The zero-order chi connectivity index (χ0) is 18.4. The zero-order valence-corrected chi connectivity index (χ0v) is 14.7. The van der Waals surface area contributed by atoms with Crippen molar-refractivity contribution in [2.24, 2.45) is 0 Å². The maximum absolute atomic E-state index is 12.0. The van der Waals surface area contributed by atoms with Crippen molar-refractivity contribution >= 4 is 29.3 Å². The molecule has 0 bridgehead atoms. The van der Waals surface area contributed by atoms with Crippen molar-refractivity contribution < 1.29 is 18.7 Å². The van der Waals surface area contributed by atoms with Gasteiger partial charge in [-0.3, -0.25) is 4.79 Å². The summed E-state index contributed by atoms with van der Waals surface area (Å²) in [6.45, 7) is 0. The fourth-order valence-electron chi connectivity index (χ4n) is 2.10. The molecule has 2 aromatic carbocycles. The van der Waals surface area contributed by atoms with Crippen LogP contribution in [0.1, 0.15) is 10.4 Å². The lowest BCUT2D eigenvalue weighted by Crippen LogP contribution is -2.14. The summed E-state index contributed by atoms with van der Waals surface area (Å²) in [5.74, 6) is -0.119. The number of rotatable bonds is 6. The number of nitrogens with one attached hydrogen (secondary N) is 1. The first-order valence-electron chi connectivity index (χ1n) is 7.65. The Labute approximate surface area is 153 Å². The van der Waals surface area contributed by atoms with Gasteiger partial charge in [-0.05, 0) is 36.4 Å². The smallest absolute Gasteiger partial charge is 0.337 e. The number of aromatic nitrogens is 2. The van der Waals surface area contributed by atoms with Crippen LogP contribution in [-0.2, 0) is 9.53 Å². The van der Waals surface area contributed by atoms with Gasteiger partial charge in [0.15, 0.2) is 0 Å². The van der Waals surface area contributed by atoms with E-state index in [2.05, 4.69) is 20.3 Å². The van der Waals surface area contributed by atoms with Crippen LogP contribution in [0.5, 0.6) is 0 Å². The lowest BCUT2D eigenvalue weighted by atomic mass is 10.2. The SMILES string of the molecule is COC(=O)c1ccc(NC(=O)CSc2nnc(-c3ccccc3)o2)cc1. The molecule has 1 amide bonds. The van der Waals surface area contributed by atoms with E-state index in [9.17, 15) is 9.59 Å². The summed E-state index contributed by atoms with van der Waals surface area (Å²) in [6, 6.07) is 15.8. The number of methoxy groups -OCH3 is 1. The molecule has 0 saturated heterocycles. The Morgan fingerprint density at radius 3 is 2.50 bits per heavy atom. The number of amides is 1. The number of benzene rings is 2. The molecule has 132 valence electrons. The fourth-order valence-corrected chi connectivity index (χ4v) is 2.66. The number of ether oxygens (including phenoxy) is 1. The van der Waals surface area contributed by atoms with Crippen LogP contribution >= 0.6 is 11.8 Å². The van der Waals surface area contributed by atoms with Gasteiger partial charge in [0.25, 0.3) is 5.22 Å². The first-order valence-corrected chi connectivity index (χ1v) is 8.64. The molecule has 26 heavy (non-hydrogen) atoms. The minimum absolute atomic E-state index is 0.120. The minimum Gasteiger partial charge on any atom is -0.465 e. The van der Waals surface area contributed by atoms with E-state index in [-0.39, 0.29) is 11.7 Å². The summed E-state index contributed by atoms with van der Waals surface area (Å²) in [4.78, 5) is 23.4. The predicted octanol–water partition coefficient (Wildman–Crippen LogP) is 3.25. The molecule has 0 atom stereocenters. The van der Waals surface area contributed by atoms with Gasteiger partial charge in [-0.25, -0.2) is 4.79 Å². The molecule has 1 N–H and O–H groups in total. The number of nitrogens with zero attached hydrogens (tertiary/aromatic N) is 2. The van der Waals surface area contributed by atoms with Crippen LogP contribution in [-0.4, -0.2) is 34.9 Å². The predicted molar refractivity (Wildman–Crippen MR) is 96.9 cm³/mol. The number of anilines is 1. The van der Waals surface area contributed by atoms with Crippen LogP contribution in [0.3, 0.4) is 0 Å². The molecule has 7 nitrogen and oxygen atoms in total. The van der Waals surface area contributed by atoms with E-state index in [1.807, 2.05) is 30.3 Å². The summed E-state index contributed by atoms with van der Waals surface area (Å²) >= 11 is 1.15. The number of thioether (sulfide) groups is 1. The second kappa shape index (κ2) is 8.30. The number of carbonyl (C=O) groups is 2. The normalized spacial score (nSPS) is 10.3. The third kappa shape index (κ3) is 4.48. The number of esters is 1. The molecule has 0 aliphatic rings. The zero-order valence-electron chi connectivity index (χ0n) is 13.8. The summed E-state index contributed by atoms with van der Waals surface area (Å²) in [5, 5.41) is 10.9. The maximum Gasteiger partial charge on any atom is 0.337 e. The van der Waals surface area contributed by atoms with Gasteiger partial charge in [-0.1, -0.05) is 30.0 Å². The molecule has 0 spiro atoms. The summed E-state index contributed by atoms with van der Waals surface area (Å²) in [6.07, 6.45) is 0. The topological polar surface area (TPSA) is 94.3 Å². The highest BCUT2D eigenvalue weighted by molar-refractivity contribution is 7.99. The highest BCUT2D eigenvalue weighted by Gasteiger charge is 2.11.